The second-order valence-corrected chi connectivity index (χ2v) is 3.08. The van der Waals surface area contributed by atoms with E-state index in [1.807, 2.05) is 0 Å². The van der Waals surface area contributed by atoms with Crippen LogP contribution >= 0.6 is 0 Å². The quantitative estimate of drug-likeness (QED) is 0.808. The molecule has 2 N–H and O–H groups in total. The van der Waals surface area contributed by atoms with Gasteiger partial charge in [0.25, 0.3) is 0 Å². The van der Waals surface area contributed by atoms with Crippen LogP contribution in [0, 0.1) is 5.82 Å². The van der Waals surface area contributed by atoms with Crippen LogP contribution < -0.4 is 5.73 Å². The summed E-state index contributed by atoms with van der Waals surface area (Å²) < 4.78 is 13.4. The molecule has 76 valence electrons. The predicted molar refractivity (Wildman–Crippen MR) is 55.3 cm³/mol. The molecule has 0 atom stereocenters. The Morgan fingerprint density at radius 3 is 2.73 bits per heavy atom. The molecule has 0 aliphatic carbocycles. The highest BCUT2D eigenvalue weighted by molar-refractivity contribution is 5.58. The second kappa shape index (κ2) is 4.14. The Kier molecular flexibility index (Phi) is 2.69. The van der Waals surface area contributed by atoms with E-state index in [-0.39, 0.29) is 5.82 Å². The molecule has 0 fully saturated rings. The number of nitrogens with two attached hydrogens (primary N) is 1. The van der Waals surface area contributed by atoms with Crippen molar-refractivity contribution in [3.05, 3.63) is 48.2 Å². The summed E-state index contributed by atoms with van der Waals surface area (Å²) in [4.78, 5) is 8.16. The molecule has 1 aromatic carbocycles. The highest BCUT2D eigenvalue weighted by Crippen LogP contribution is 2.19. The zero-order valence-corrected chi connectivity index (χ0v) is 8.02. The lowest BCUT2D eigenvalue weighted by molar-refractivity contribution is 0.630. The van der Waals surface area contributed by atoms with Crippen molar-refractivity contribution in [3.8, 4) is 11.3 Å². The van der Waals surface area contributed by atoms with Crippen molar-refractivity contribution >= 4 is 0 Å². The molecule has 4 heteroatoms. The third-order valence-corrected chi connectivity index (χ3v) is 2.04. The Labute approximate surface area is 86.8 Å². The number of halogens is 1. The van der Waals surface area contributed by atoms with Gasteiger partial charge < -0.3 is 5.73 Å². The van der Waals surface area contributed by atoms with Crippen LogP contribution in [0.25, 0.3) is 11.3 Å². The molecule has 0 saturated heterocycles. The van der Waals surface area contributed by atoms with Gasteiger partial charge in [0.15, 0.2) is 0 Å². The first-order chi connectivity index (χ1) is 7.31. The maximum absolute atomic E-state index is 13.4. The molecule has 0 aliphatic heterocycles. The van der Waals surface area contributed by atoms with E-state index in [1.165, 1.54) is 12.3 Å². The third-order valence-electron chi connectivity index (χ3n) is 2.04. The molecule has 0 unspecified atom stereocenters. The van der Waals surface area contributed by atoms with E-state index in [0.29, 0.717) is 23.5 Å². The van der Waals surface area contributed by atoms with Crippen LogP contribution in [0.4, 0.5) is 4.39 Å². The third kappa shape index (κ3) is 1.99. The summed E-state index contributed by atoms with van der Waals surface area (Å²) in [5.41, 5.74) is 7.04. The molecule has 3 nitrogen and oxygen atoms in total. The fraction of sp³-hybridized carbons (Fsp3) is 0.0909. The van der Waals surface area contributed by atoms with Crippen molar-refractivity contribution in [2.45, 2.75) is 6.54 Å². The van der Waals surface area contributed by atoms with Gasteiger partial charge in [0.1, 0.15) is 5.82 Å². The van der Waals surface area contributed by atoms with Gasteiger partial charge in [-0.3, -0.25) is 4.98 Å². The molecule has 0 aliphatic rings. The van der Waals surface area contributed by atoms with Gasteiger partial charge in [0.2, 0.25) is 0 Å². The summed E-state index contributed by atoms with van der Waals surface area (Å²) in [5, 5.41) is 0. The standard InChI is InChI=1S/C11H10FN3/c12-10-4-2-1-3-9(10)11-7-14-6-8(5-13)15-11/h1-4,6-7H,5,13H2. The highest BCUT2D eigenvalue weighted by atomic mass is 19.1. The Morgan fingerprint density at radius 1 is 1.20 bits per heavy atom. The number of hydrogen-bond donors (Lipinski definition) is 1. The lowest BCUT2D eigenvalue weighted by Gasteiger charge is -2.03. The van der Waals surface area contributed by atoms with Crippen LogP contribution in [0.5, 0.6) is 0 Å². The molecule has 1 aromatic heterocycles. The number of nitrogens with zero attached hydrogens (tertiary/aromatic N) is 2. The average Bonchev–Trinajstić information content (AvgIpc) is 2.30. The summed E-state index contributed by atoms with van der Waals surface area (Å²) in [6.45, 7) is 0.301. The summed E-state index contributed by atoms with van der Waals surface area (Å²) in [7, 11) is 0. The fourth-order valence-electron chi connectivity index (χ4n) is 1.30. The van der Waals surface area contributed by atoms with E-state index in [4.69, 9.17) is 5.73 Å². The molecule has 0 radical (unpaired) electrons. The number of hydrogen-bond acceptors (Lipinski definition) is 3. The van der Waals surface area contributed by atoms with Crippen molar-refractivity contribution in [1.29, 1.82) is 0 Å². The summed E-state index contributed by atoms with van der Waals surface area (Å²) in [6, 6.07) is 6.46. The van der Waals surface area contributed by atoms with Crippen molar-refractivity contribution in [3.63, 3.8) is 0 Å². The summed E-state index contributed by atoms with van der Waals surface area (Å²) in [6.07, 6.45) is 3.10. The van der Waals surface area contributed by atoms with Crippen LogP contribution in [0.2, 0.25) is 0 Å². The van der Waals surface area contributed by atoms with Crippen LogP contribution in [0.3, 0.4) is 0 Å². The van der Waals surface area contributed by atoms with Crippen LogP contribution in [0.15, 0.2) is 36.7 Å². The van der Waals surface area contributed by atoms with Gasteiger partial charge in [-0.05, 0) is 12.1 Å². The molecular weight excluding hydrogens is 193 g/mol. The molecule has 2 rings (SSSR count). The van der Waals surface area contributed by atoms with Gasteiger partial charge in [-0.1, -0.05) is 12.1 Å². The SMILES string of the molecule is NCc1cncc(-c2ccccc2F)n1. The van der Waals surface area contributed by atoms with E-state index in [9.17, 15) is 4.39 Å². The molecule has 0 bridgehead atoms. The Bertz CT molecular complexity index is 471. The van der Waals surface area contributed by atoms with Gasteiger partial charge in [0, 0.05) is 18.3 Å². The lowest BCUT2D eigenvalue weighted by Crippen LogP contribution is -2.01. The van der Waals surface area contributed by atoms with Crippen LogP contribution in [-0.2, 0) is 6.54 Å². The summed E-state index contributed by atoms with van der Waals surface area (Å²) >= 11 is 0. The van der Waals surface area contributed by atoms with Crippen LogP contribution in [-0.4, -0.2) is 9.97 Å². The number of rotatable bonds is 2. The van der Waals surface area contributed by atoms with E-state index in [0.717, 1.165) is 0 Å². The molecular formula is C11H10FN3. The second-order valence-electron chi connectivity index (χ2n) is 3.08. The van der Waals surface area contributed by atoms with E-state index < -0.39 is 0 Å². The van der Waals surface area contributed by atoms with E-state index in [1.54, 1.807) is 24.4 Å². The topological polar surface area (TPSA) is 51.8 Å². The minimum atomic E-state index is -0.305. The van der Waals surface area contributed by atoms with Gasteiger partial charge >= 0.3 is 0 Å². The van der Waals surface area contributed by atoms with Gasteiger partial charge in [0.05, 0.1) is 17.6 Å². The first kappa shape index (κ1) is 9.73. The van der Waals surface area contributed by atoms with Crippen molar-refractivity contribution in [2.24, 2.45) is 5.73 Å². The lowest BCUT2D eigenvalue weighted by atomic mass is 10.1. The van der Waals surface area contributed by atoms with Crippen molar-refractivity contribution < 1.29 is 4.39 Å². The highest BCUT2D eigenvalue weighted by Gasteiger charge is 2.05. The molecule has 15 heavy (non-hydrogen) atoms. The van der Waals surface area contributed by atoms with Crippen molar-refractivity contribution in [2.75, 3.05) is 0 Å². The minimum absolute atomic E-state index is 0.301. The zero-order valence-electron chi connectivity index (χ0n) is 8.02. The molecule has 1 heterocycles. The summed E-state index contributed by atoms with van der Waals surface area (Å²) in [5.74, 6) is -0.305. The Morgan fingerprint density at radius 2 is 2.00 bits per heavy atom. The molecule has 0 spiro atoms. The van der Waals surface area contributed by atoms with Gasteiger partial charge in [-0.25, -0.2) is 9.37 Å². The predicted octanol–water partition coefficient (Wildman–Crippen LogP) is 1.74. The Hall–Kier alpha value is -1.81. The van der Waals surface area contributed by atoms with Crippen molar-refractivity contribution in [1.82, 2.24) is 9.97 Å². The average molecular weight is 203 g/mol. The monoisotopic (exact) mass is 203 g/mol. The smallest absolute Gasteiger partial charge is 0.132 e. The fourth-order valence-corrected chi connectivity index (χ4v) is 1.30. The maximum Gasteiger partial charge on any atom is 0.132 e. The normalized spacial score (nSPS) is 10.3. The van der Waals surface area contributed by atoms with Gasteiger partial charge in [-0.2, -0.15) is 0 Å². The molecule has 0 amide bonds. The number of aromatic nitrogens is 2. The molecule has 0 saturated carbocycles. The first-order valence-electron chi connectivity index (χ1n) is 4.57. The minimum Gasteiger partial charge on any atom is -0.325 e. The van der Waals surface area contributed by atoms with Gasteiger partial charge in [-0.15, -0.1) is 0 Å². The van der Waals surface area contributed by atoms with E-state index >= 15 is 0 Å². The number of benzene rings is 1. The maximum atomic E-state index is 13.4. The van der Waals surface area contributed by atoms with Crippen LogP contribution in [0.1, 0.15) is 5.69 Å². The van der Waals surface area contributed by atoms with E-state index in [2.05, 4.69) is 9.97 Å². The Balaban J connectivity index is 2.49. The zero-order chi connectivity index (χ0) is 10.7. The largest absolute Gasteiger partial charge is 0.325 e. The molecule has 2 aromatic rings. The first-order valence-corrected chi connectivity index (χ1v) is 4.57.